The Balaban J connectivity index is 1.85. The normalized spacial score (nSPS) is 17.4. The summed E-state index contributed by atoms with van der Waals surface area (Å²) in [5.74, 6) is 1.77. The molecule has 0 spiro atoms. The van der Waals surface area contributed by atoms with E-state index in [4.69, 9.17) is 9.73 Å². The lowest BCUT2D eigenvalue weighted by Crippen LogP contribution is -2.32. The molecule has 2 heterocycles. The molecule has 0 saturated carbocycles. The van der Waals surface area contributed by atoms with E-state index in [1.165, 1.54) is 25.1 Å². The molecule has 0 aliphatic carbocycles. The van der Waals surface area contributed by atoms with Crippen molar-refractivity contribution in [2.24, 2.45) is 4.99 Å². The third-order valence-corrected chi connectivity index (χ3v) is 3.77. The van der Waals surface area contributed by atoms with E-state index in [0.717, 1.165) is 30.8 Å². The molecule has 106 valence electrons. The Morgan fingerprint density at radius 2 is 2.25 bits per heavy atom. The zero-order valence-electron chi connectivity index (χ0n) is 11.7. The van der Waals surface area contributed by atoms with Crippen LogP contribution in [0, 0.1) is 0 Å². The number of amidine groups is 1. The van der Waals surface area contributed by atoms with Gasteiger partial charge in [-0.1, -0.05) is 6.42 Å². The van der Waals surface area contributed by atoms with Crippen molar-refractivity contribution in [2.45, 2.75) is 32.2 Å². The van der Waals surface area contributed by atoms with Crippen LogP contribution in [0.1, 0.15) is 31.2 Å². The van der Waals surface area contributed by atoms with Gasteiger partial charge in [-0.25, -0.2) is 9.79 Å². The van der Waals surface area contributed by atoms with Gasteiger partial charge in [-0.3, -0.25) is 0 Å². The highest BCUT2D eigenvalue weighted by Gasteiger charge is 2.21. The number of carbonyl (C=O) groups excluding carboxylic acids is 1. The van der Waals surface area contributed by atoms with Crippen molar-refractivity contribution in [1.82, 2.24) is 10.2 Å². The lowest BCUT2D eigenvalue weighted by molar-refractivity contribution is 0.203. The van der Waals surface area contributed by atoms with Gasteiger partial charge in [0.1, 0.15) is 11.6 Å². The van der Waals surface area contributed by atoms with E-state index in [-0.39, 0.29) is 0 Å². The Labute approximate surface area is 118 Å². The van der Waals surface area contributed by atoms with Gasteiger partial charge in [0, 0.05) is 32.1 Å². The van der Waals surface area contributed by atoms with Gasteiger partial charge >= 0.3 is 6.09 Å². The molecule has 0 aromatic heterocycles. The third kappa shape index (κ3) is 2.61. The molecule has 20 heavy (non-hydrogen) atoms. The molecule has 0 unspecified atom stereocenters. The largest absolute Gasteiger partial charge is 0.412 e. The number of benzene rings is 1. The number of ether oxygens (including phenoxy) is 1. The maximum atomic E-state index is 11.3. The van der Waals surface area contributed by atoms with Crippen molar-refractivity contribution >= 4 is 17.6 Å². The van der Waals surface area contributed by atoms with Crippen molar-refractivity contribution < 1.29 is 9.53 Å². The highest BCUT2D eigenvalue weighted by atomic mass is 16.5. The van der Waals surface area contributed by atoms with Crippen molar-refractivity contribution in [3.05, 3.63) is 23.8 Å². The summed E-state index contributed by atoms with van der Waals surface area (Å²) in [5, 5.41) is 2.45. The van der Waals surface area contributed by atoms with Crippen LogP contribution in [0.15, 0.2) is 23.2 Å². The van der Waals surface area contributed by atoms with Crippen LogP contribution in [-0.2, 0) is 6.54 Å². The average Bonchev–Trinajstić information content (AvgIpc) is 2.69. The molecule has 5 nitrogen and oxygen atoms in total. The van der Waals surface area contributed by atoms with E-state index in [9.17, 15) is 4.79 Å². The summed E-state index contributed by atoms with van der Waals surface area (Å²) in [6.07, 6.45) is 4.35. The number of amides is 1. The molecular formula is C15H19N3O2. The molecular weight excluding hydrogens is 254 g/mol. The fourth-order valence-corrected chi connectivity index (χ4v) is 2.71. The molecule has 5 heteroatoms. The molecule has 0 radical (unpaired) electrons. The summed E-state index contributed by atoms with van der Waals surface area (Å²) < 4.78 is 5.17. The maximum Gasteiger partial charge on any atom is 0.412 e. The Morgan fingerprint density at radius 1 is 1.35 bits per heavy atom. The van der Waals surface area contributed by atoms with E-state index < -0.39 is 6.09 Å². The summed E-state index contributed by atoms with van der Waals surface area (Å²) in [6.45, 7) is 1.93. The fraction of sp³-hybridized carbons (Fsp3) is 0.467. The van der Waals surface area contributed by atoms with Crippen LogP contribution < -0.4 is 10.1 Å². The van der Waals surface area contributed by atoms with Crippen LogP contribution in [0.5, 0.6) is 5.75 Å². The van der Waals surface area contributed by atoms with Crippen LogP contribution in [0.2, 0.25) is 0 Å². The summed E-state index contributed by atoms with van der Waals surface area (Å²) in [7, 11) is 1.55. The lowest BCUT2D eigenvalue weighted by Gasteiger charge is -2.29. The minimum atomic E-state index is -0.445. The number of hydrogen-bond donors (Lipinski definition) is 1. The summed E-state index contributed by atoms with van der Waals surface area (Å²) in [4.78, 5) is 18.4. The topological polar surface area (TPSA) is 53.9 Å². The number of fused-ring (bicyclic) bond motifs is 2. The Bertz CT molecular complexity index is 554. The van der Waals surface area contributed by atoms with Gasteiger partial charge in [-0.2, -0.15) is 0 Å². The Hall–Kier alpha value is -2.04. The fourth-order valence-electron chi connectivity index (χ4n) is 2.71. The number of carbonyl (C=O) groups is 1. The molecule has 0 bridgehead atoms. The van der Waals surface area contributed by atoms with E-state index >= 15 is 0 Å². The summed E-state index contributed by atoms with van der Waals surface area (Å²) in [5.41, 5.74) is 2.12. The first-order chi connectivity index (χ1) is 9.76. The maximum absolute atomic E-state index is 11.3. The predicted molar refractivity (Wildman–Crippen MR) is 77.5 cm³/mol. The molecule has 1 N–H and O–H groups in total. The van der Waals surface area contributed by atoms with Crippen molar-refractivity contribution in [1.29, 1.82) is 0 Å². The van der Waals surface area contributed by atoms with Gasteiger partial charge in [0.2, 0.25) is 0 Å². The zero-order chi connectivity index (χ0) is 13.9. The van der Waals surface area contributed by atoms with Crippen molar-refractivity contribution in [2.75, 3.05) is 13.6 Å². The van der Waals surface area contributed by atoms with Gasteiger partial charge < -0.3 is 15.0 Å². The minimum absolute atomic E-state index is 0.445. The van der Waals surface area contributed by atoms with E-state index in [1.807, 2.05) is 12.1 Å². The predicted octanol–water partition coefficient (Wildman–Crippen LogP) is 2.82. The molecule has 1 amide bonds. The summed E-state index contributed by atoms with van der Waals surface area (Å²) in [6, 6.07) is 5.64. The molecule has 2 aliphatic rings. The zero-order valence-corrected chi connectivity index (χ0v) is 11.7. The van der Waals surface area contributed by atoms with Crippen molar-refractivity contribution in [3.8, 4) is 5.75 Å². The van der Waals surface area contributed by atoms with Gasteiger partial charge in [-0.15, -0.1) is 0 Å². The van der Waals surface area contributed by atoms with Crippen LogP contribution >= 0.6 is 0 Å². The molecule has 0 atom stereocenters. The van der Waals surface area contributed by atoms with Crippen LogP contribution in [-0.4, -0.2) is 30.4 Å². The number of nitrogens with zero attached hydrogens (tertiary/aromatic N) is 2. The van der Waals surface area contributed by atoms with Gasteiger partial charge in [0.05, 0.1) is 5.69 Å². The third-order valence-electron chi connectivity index (χ3n) is 3.77. The second-order valence-corrected chi connectivity index (χ2v) is 5.19. The van der Waals surface area contributed by atoms with E-state index in [0.29, 0.717) is 5.75 Å². The van der Waals surface area contributed by atoms with Crippen LogP contribution in [0.3, 0.4) is 0 Å². The highest BCUT2D eigenvalue weighted by Crippen LogP contribution is 2.32. The first kappa shape index (κ1) is 13.0. The molecule has 1 aromatic carbocycles. The molecule has 1 fully saturated rings. The van der Waals surface area contributed by atoms with Gasteiger partial charge in [0.25, 0.3) is 0 Å². The van der Waals surface area contributed by atoms with Crippen molar-refractivity contribution in [3.63, 3.8) is 0 Å². The standard InChI is InChI=1S/C15H19N3O2/c1-16-15(19)20-12-6-7-13-11(9-12)10-18-8-4-2-3-5-14(18)17-13/h6-7,9H,2-5,8,10H2,1H3,(H,16,19). The molecule has 1 aromatic rings. The highest BCUT2D eigenvalue weighted by molar-refractivity contribution is 5.87. The summed E-state index contributed by atoms with van der Waals surface area (Å²) >= 11 is 0. The Kier molecular flexibility index (Phi) is 3.58. The smallest absolute Gasteiger partial charge is 0.410 e. The minimum Gasteiger partial charge on any atom is -0.410 e. The first-order valence-electron chi connectivity index (χ1n) is 7.11. The molecule has 1 saturated heterocycles. The van der Waals surface area contributed by atoms with Crippen LogP contribution in [0.4, 0.5) is 10.5 Å². The number of aliphatic imine (C=N–C) groups is 1. The monoisotopic (exact) mass is 273 g/mol. The van der Waals surface area contributed by atoms with E-state index in [1.54, 1.807) is 13.1 Å². The number of rotatable bonds is 1. The number of hydrogen-bond acceptors (Lipinski definition) is 4. The van der Waals surface area contributed by atoms with E-state index in [2.05, 4.69) is 10.2 Å². The van der Waals surface area contributed by atoms with Gasteiger partial charge in [0.15, 0.2) is 0 Å². The quantitative estimate of drug-likeness (QED) is 0.856. The molecule has 3 rings (SSSR count). The van der Waals surface area contributed by atoms with Crippen LogP contribution in [0.25, 0.3) is 0 Å². The lowest BCUT2D eigenvalue weighted by atomic mass is 10.1. The average molecular weight is 273 g/mol. The first-order valence-corrected chi connectivity index (χ1v) is 7.11. The van der Waals surface area contributed by atoms with Gasteiger partial charge in [-0.05, 0) is 31.0 Å². The SMILES string of the molecule is CNC(=O)Oc1ccc2c(c1)CN1CCCCCC1=N2. The Morgan fingerprint density at radius 3 is 3.10 bits per heavy atom. The number of nitrogens with one attached hydrogen (secondary N) is 1. The second kappa shape index (κ2) is 5.53. The second-order valence-electron chi connectivity index (χ2n) is 5.19. The molecule has 2 aliphatic heterocycles.